The average Bonchev–Trinajstić information content (AvgIpc) is 3.34. The highest BCUT2D eigenvalue weighted by Gasteiger charge is 2.33. The maximum Gasteiger partial charge on any atom is 0.243 e. The van der Waals surface area contributed by atoms with Crippen molar-refractivity contribution in [2.45, 2.75) is 43.5 Å². The van der Waals surface area contributed by atoms with Crippen LogP contribution in [0.2, 0.25) is 0 Å². The summed E-state index contributed by atoms with van der Waals surface area (Å²) in [5.41, 5.74) is 3.20. The largest absolute Gasteiger partial charge is 0.361 e. The van der Waals surface area contributed by atoms with Gasteiger partial charge in [0.1, 0.15) is 6.04 Å². The fourth-order valence-corrected chi connectivity index (χ4v) is 6.73. The molecule has 2 amide bonds. The van der Waals surface area contributed by atoms with Gasteiger partial charge in [-0.1, -0.05) is 35.9 Å². The van der Waals surface area contributed by atoms with Gasteiger partial charge in [0.2, 0.25) is 21.8 Å². The zero-order valence-electron chi connectivity index (χ0n) is 21.9. The number of H-pyrrole nitrogens is 1. The predicted octanol–water partition coefficient (Wildman–Crippen LogP) is 3.47. The second-order valence-electron chi connectivity index (χ2n) is 9.73. The Labute approximate surface area is 229 Å². The third-order valence-corrected chi connectivity index (χ3v) is 9.65. The lowest BCUT2D eigenvalue weighted by Gasteiger charge is -2.31. The molecule has 0 radical (unpaired) electrons. The van der Waals surface area contributed by atoms with Crippen LogP contribution >= 0.6 is 11.8 Å². The number of carbonyl (C=O) groups is 2. The van der Waals surface area contributed by atoms with Crippen LogP contribution in [0.25, 0.3) is 10.9 Å². The van der Waals surface area contributed by atoms with Crippen molar-refractivity contribution in [2.75, 3.05) is 31.6 Å². The maximum atomic E-state index is 13.1. The van der Waals surface area contributed by atoms with Gasteiger partial charge in [-0.25, -0.2) is 8.42 Å². The fourth-order valence-electron chi connectivity index (χ4n) is 4.79. The van der Waals surface area contributed by atoms with Crippen LogP contribution < -0.4 is 10.6 Å². The van der Waals surface area contributed by atoms with Gasteiger partial charge < -0.3 is 15.6 Å². The van der Waals surface area contributed by atoms with Crippen LogP contribution in [0.3, 0.4) is 0 Å². The molecule has 1 atom stereocenters. The van der Waals surface area contributed by atoms with E-state index in [1.807, 2.05) is 37.6 Å². The number of nitrogens with one attached hydrogen (secondary N) is 3. The number of carbonyl (C=O) groups excluding carboxylic acids is 2. The van der Waals surface area contributed by atoms with Crippen molar-refractivity contribution in [1.29, 1.82) is 0 Å². The molecule has 204 valence electrons. The van der Waals surface area contributed by atoms with Gasteiger partial charge in [-0.3, -0.25) is 9.59 Å². The number of para-hydroxylation sites is 1. The Balaban J connectivity index is 1.29. The zero-order chi connectivity index (χ0) is 27.1. The molecule has 38 heavy (non-hydrogen) atoms. The molecule has 0 bridgehead atoms. The Hall–Kier alpha value is -2.82. The van der Waals surface area contributed by atoms with Gasteiger partial charge in [0.25, 0.3) is 0 Å². The molecule has 2 heterocycles. The van der Waals surface area contributed by atoms with Crippen LogP contribution in [-0.4, -0.2) is 67.2 Å². The van der Waals surface area contributed by atoms with Crippen molar-refractivity contribution in [1.82, 2.24) is 19.9 Å². The van der Waals surface area contributed by atoms with Crippen LogP contribution in [-0.2, 0) is 26.0 Å². The van der Waals surface area contributed by atoms with Crippen molar-refractivity contribution in [2.24, 2.45) is 5.92 Å². The van der Waals surface area contributed by atoms with E-state index in [9.17, 15) is 18.0 Å². The van der Waals surface area contributed by atoms with Crippen molar-refractivity contribution in [3.05, 3.63) is 65.9 Å². The minimum Gasteiger partial charge on any atom is -0.361 e. The standard InChI is InChI=1S/C28H36N4O4S2/c1-20-7-9-23(10-8-20)38(35,36)32-16-12-21(13-17-32)27(33)31-26(14-18-37-2)28(34)29-15-11-22-19-30-25-6-4-3-5-24(22)25/h3-10,19,21,26,30H,11-18H2,1-2H3,(H,29,34)(H,31,33). The number of fused-ring (bicyclic) bond motifs is 1. The monoisotopic (exact) mass is 556 g/mol. The number of nitrogens with zero attached hydrogens (tertiary/aromatic N) is 1. The molecule has 10 heteroatoms. The third-order valence-electron chi connectivity index (χ3n) is 7.10. The number of piperidine rings is 1. The topological polar surface area (TPSA) is 111 Å². The minimum atomic E-state index is -3.59. The van der Waals surface area contributed by atoms with Crippen molar-refractivity contribution in [3.8, 4) is 0 Å². The van der Waals surface area contributed by atoms with E-state index in [1.165, 1.54) is 4.31 Å². The molecule has 1 unspecified atom stereocenters. The van der Waals surface area contributed by atoms with E-state index in [1.54, 1.807) is 36.0 Å². The molecule has 1 aliphatic rings. The summed E-state index contributed by atoms with van der Waals surface area (Å²) in [6.07, 6.45) is 6.01. The number of thioether (sulfide) groups is 1. The highest BCUT2D eigenvalue weighted by atomic mass is 32.2. The summed E-state index contributed by atoms with van der Waals surface area (Å²) >= 11 is 1.63. The molecule has 1 aliphatic heterocycles. The minimum absolute atomic E-state index is 0.185. The molecule has 1 fully saturated rings. The SMILES string of the molecule is CSCCC(NC(=O)C1CCN(S(=O)(=O)c2ccc(C)cc2)CC1)C(=O)NCCc1c[nH]c2ccccc12. The van der Waals surface area contributed by atoms with Gasteiger partial charge in [-0.05, 0) is 68.4 Å². The maximum absolute atomic E-state index is 13.1. The summed E-state index contributed by atoms with van der Waals surface area (Å²) in [4.78, 5) is 29.6. The van der Waals surface area contributed by atoms with Crippen molar-refractivity contribution in [3.63, 3.8) is 0 Å². The molecular formula is C28H36N4O4S2. The molecule has 3 N–H and O–H groups in total. The summed E-state index contributed by atoms with van der Waals surface area (Å²) in [5.74, 6) is 0.0470. The number of amides is 2. The molecule has 4 rings (SSSR count). The van der Waals surface area contributed by atoms with Crippen LogP contribution in [0, 0.1) is 12.8 Å². The molecule has 3 aromatic rings. The quantitative estimate of drug-likeness (QED) is 0.335. The van der Waals surface area contributed by atoms with E-state index < -0.39 is 16.1 Å². The van der Waals surface area contributed by atoms with Crippen LogP contribution in [0.1, 0.15) is 30.4 Å². The summed E-state index contributed by atoms with van der Waals surface area (Å²) in [7, 11) is -3.59. The highest BCUT2D eigenvalue weighted by Crippen LogP contribution is 2.24. The number of benzene rings is 2. The van der Waals surface area contributed by atoms with Gasteiger partial charge >= 0.3 is 0 Å². The first-order valence-electron chi connectivity index (χ1n) is 13.0. The van der Waals surface area contributed by atoms with E-state index in [-0.39, 0.29) is 35.7 Å². The summed E-state index contributed by atoms with van der Waals surface area (Å²) < 4.78 is 27.4. The van der Waals surface area contributed by atoms with Gasteiger partial charge in [-0.2, -0.15) is 16.1 Å². The van der Waals surface area contributed by atoms with E-state index in [2.05, 4.69) is 21.7 Å². The Bertz CT molecular complexity index is 1350. The van der Waals surface area contributed by atoms with Gasteiger partial charge in [0.15, 0.2) is 0 Å². The second-order valence-corrected chi connectivity index (χ2v) is 12.7. The number of hydrogen-bond donors (Lipinski definition) is 3. The van der Waals surface area contributed by atoms with Gasteiger partial charge in [0, 0.05) is 42.7 Å². The van der Waals surface area contributed by atoms with Gasteiger partial charge in [-0.15, -0.1) is 0 Å². The van der Waals surface area contributed by atoms with E-state index in [0.717, 1.165) is 27.8 Å². The predicted molar refractivity (Wildman–Crippen MR) is 153 cm³/mol. The zero-order valence-corrected chi connectivity index (χ0v) is 23.5. The first-order valence-corrected chi connectivity index (χ1v) is 15.8. The lowest BCUT2D eigenvalue weighted by atomic mass is 9.96. The molecule has 0 aliphatic carbocycles. The van der Waals surface area contributed by atoms with Gasteiger partial charge in [0.05, 0.1) is 4.90 Å². The number of hydrogen-bond acceptors (Lipinski definition) is 5. The number of sulfonamides is 1. The van der Waals surface area contributed by atoms with Crippen molar-refractivity contribution >= 4 is 44.5 Å². The van der Waals surface area contributed by atoms with E-state index in [4.69, 9.17) is 0 Å². The number of rotatable bonds is 11. The Kier molecular flexibility index (Phi) is 9.51. The van der Waals surface area contributed by atoms with Crippen LogP contribution in [0.15, 0.2) is 59.6 Å². The summed E-state index contributed by atoms with van der Waals surface area (Å²) in [6.45, 7) is 2.94. The molecular weight excluding hydrogens is 520 g/mol. The lowest BCUT2D eigenvalue weighted by Crippen LogP contribution is -2.50. The molecule has 8 nitrogen and oxygen atoms in total. The average molecular weight is 557 g/mol. The summed E-state index contributed by atoms with van der Waals surface area (Å²) in [5, 5.41) is 7.08. The Morgan fingerprint density at radius 1 is 1.11 bits per heavy atom. The molecule has 0 spiro atoms. The lowest BCUT2D eigenvalue weighted by molar-refractivity contribution is -0.131. The molecule has 1 aromatic heterocycles. The van der Waals surface area contributed by atoms with Crippen LogP contribution in [0.5, 0.6) is 0 Å². The normalized spacial score (nSPS) is 15.8. The molecule has 1 saturated heterocycles. The first kappa shape index (κ1) is 28.2. The Morgan fingerprint density at radius 3 is 2.53 bits per heavy atom. The second kappa shape index (κ2) is 12.8. The number of aromatic amines is 1. The van der Waals surface area contributed by atoms with E-state index in [0.29, 0.717) is 32.2 Å². The van der Waals surface area contributed by atoms with Crippen molar-refractivity contribution < 1.29 is 18.0 Å². The summed E-state index contributed by atoms with van der Waals surface area (Å²) in [6, 6.07) is 14.3. The molecule has 0 saturated carbocycles. The van der Waals surface area contributed by atoms with E-state index >= 15 is 0 Å². The van der Waals surface area contributed by atoms with Crippen LogP contribution in [0.4, 0.5) is 0 Å². The third kappa shape index (κ3) is 6.78. The smallest absolute Gasteiger partial charge is 0.243 e. The first-order chi connectivity index (χ1) is 18.3. The number of aromatic nitrogens is 1. The fraction of sp³-hybridized carbons (Fsp3) is 0.429. The Morgan fingerprint density at radius 2 is 1.82 bits per heavy atom. The highest BCUT2D eigenvalue weighted by molar-refractivity contribution is 7.98. The number of aryl methyl sites for hydroxylation is 1. The molecule has 2 aromatic carbocycles.